The van der Waals surface area contributed by atoms with Gasteiger partial charge in [0, 0.05) is 11.8 Å². The van der Waals surface area contributed by atoms with Crippen LogP contribution in [0.1, 0.15) is 0 Å². The molecule has 2 aromatic carbocycles. The molecule has 6 heteroatoms. The average molecular weight is 302 g/mol. The van der Waals surface area contributed by atoms with Crippen molar-refractivity contribution >= 4 is 17.4 Å². The van der Waals surface area contributed by atoms with Crippen LogP contribution in [-0.4, -0.2) is 27.4 Å². The lowest BCUT2D eigenvalue weighted by Gasteiger charge is -2.12. The summed E-state index contributed by atoms with van der Waals surface area (Å²) < 4.78 is 15.4. The first-order valence-corrected chi connectivity index (χ1v) is 6.60. The second-order valence-corrected chi connectivity index (χ2v) is 4.37. The van der Waals surface area contributed by atoms with Gasteiger partial charge in [-0.1, -0.05) is 0 Å². The van der Waals surface area contributed by atoms with Crippen LogP contribution in [0, 0.1) is 0 Å². The number of methoxy groups -OCH3 is 3. The standard InChI is InChI=1S/C16H18N2O4/c1-20-12-6-4-11(5-7-12)17-16(19)18-14-9-8-13(21-2)10-15(14)22-3/h4-10H,1-3H3,(H2,17,18,19). The molecule has 0 atom stereocenters. The van der Waals surface area contributed by atoms with Gasteiger partial charge < -0.3 is 24.8 Å². The van der Waals surface area contributed by atoms with Crippen molar-refractivity contribution in [1.29, 1.82) is 0 Å². The molecule has 6 nitrogen and oxygen atoms in total. The van der Waals surface area contributed by atoms with Crippen LogP contribution in [0.25, 0.3) is 0 Å². The number of anilines is 2. The van der Waals surface area contributed by atoms with E-state index in [-0.39, 0.29) is 6.03 Å². The van der Waals surface area contributed by atoms with Crippen molar-refractivity contribution in [2.75, 3.05) is 32.0 Å². The second-order valence-electron chi connectivity index (χ2n) is 4.37. The normalized spacial score (nSPS) is 9.77. The molecule has 0 spiro atoms. The summed E-state index contributed by atoms with van der Waals surface area (Å²) in [6.45, 7) is 0. The fourth-order valence-corrected chi connectivity index (χ4v) is 1.86. The van der Waals surface area contributed by atoms with E-state index in [9.17, 15) is 4.79 Å². The number of carbonyl (C=O) groups is 1. The minimum absolute atomic E-state index is 0.367. The highest BCUT2D eigenvalue weighted by Gasteiger charge is 2.09. The molecule has 2 amide bonds. The maximum absolute atomic E-state index is 12.0. The zero-order valence-corrected chi connectivity index (χ0v) is 12.7. The minimum Gasteiger partial charge on any atom is -0.497 e. The van der Waals surface area contributed by atoms with Gasteiger partial charge in [-0.05, 0) is 36.4 Å². The quantitative estimate of drug-likeness (QED) is 0.888. The Bertz CT molecular complexity index is 641. The molecule has 0 aromatic heterocycles. The molecule has 0 fully saturated rings. The van der Waals surface area contributed by atoms with Gasteiger partial charge in [0.05, 0.1) is 27.0 Å². The fourth-order valence-electron chi connectivity index (χ4n) is 1.86. The highest BCUT2D eigenvalue weighted by Crippen LogP contribution is 2.29. The number of hydrogen-bond donors (Lipinski definition) is 2. The monoisotopic (exact) mass is 302 g/mol. The van der Waals surface area contributed by atoms with E-state index in [1.807, 2.05) is 0 Å². The molecule has 0 aliphatic heterocycles. The molecular weight excluding hydrogens is 284 g/mol. The number of rotatable bonds is 5. The Morgan fingerprint density at radius 1 is 0.818 bits per heavy atom. The van der Waals surface area contributed by atoms with Gasteiger partial charge in [-0.3, -0.25) is 0 Å². The molecular formula is C16H18N2O4. The molecule has 0 saturated heterocycles. The third-order valence-corrected chi connectivity index (χ3v) is 3.00. The molecule has 0 saturated carbocycles. The zero-order valence-electron chi connectivity index (χ0n) is 12.7. The highest BCUT2D eigenvalue weighted by molar-refractivity contribution is 6.00. The number of ether oxygens (including phenoxy) is 3. The molecule has 2 rings (SSSR count). The smallest absolute Gasteiger partial charge is 0.323 e. The summed E-state index contributed by atoms with van der Waals surface area (Å²) in [5.41, 5.74) is 1.21. The van der Waals surface area contributed by atoms with Crippen molar-refractivity contribution in [2.45, 2.75) is 0 Å². The summed E-state index contributed by atoms with van der Waals surface area (Å²) in [7, 11) is 4.69. The predicted octanol–water partition coefficient (Wildman–Crippen LogP) is 3.36. The first kappa shape index (κ1) is 15.5. The maximum atomic E-state index is 12.0. The number of hydrogen-bond acceptors (Lipinski definition) is 4. The summed E-state index contributed by atoms with van der Waals surface area (Å²) in [4.78, 5) is 12.0. The van der Waals surface area contributed by atoms with Crippen molar-refractivity contribution in [3.05, 3.63) is 42.5 Å². The molecule has 0 heterocycles. The fraction of sp³-hybridized carbons (Fsp3) is 0.188. The second kappa shape index (κ2) is 7.21. The Labute approximate surface area is 129 Å². The van der Waals surface area contributed by atoms with Gasteiger partial charge in [-0.15, -0.1) is 0 Å². The van der Waals surface area contributed by atoms with Crippen LogP contribution in [0.5, 0.6) is 17.2 Å². The summed E-state index contributed by atoms with van der Waals surface area (Å²) in [6, 6.07) is 11.8. The van der Waals surface area contributed by atoms with Crippen molar-refractivity contribution in [1.82, 2.24) is 0 Å². The maximum Gasteiger partial charge on any atom is 0.323 e. The van der Waals surface area contributed by atoms with Gasteiger partial charge in [0.25, 0.3) is 0 Å². The van der Waals surface area contributed by atoms with Crippen LogP contribution in [0.4, 0.5) is 16.2 Å². The van der Waals surface area contributed by atoms with E-state index in [0.29, 0.717) is 22.9 Å². The van der Waals surface area contributed by atoms with E-state index in [1.165, 1.54) is 7.11 Å². The Balaban J connectivity index is 2.04. The minimum atomic E-state index is -0.367. The van der Waals surface area contributed by atoms with E-state index in [4.69, 9.17) is 14.2 Å². The van der Waals surface area contributed by atoms with Gasteiger partial charge in [-0.25, -0.2) is 4.79 Å². The molecule has 2 aromatic rings. The average Bonchev–Trinajstić information content (AvgIpc) is 2.55. The largest absolute Gasteiger partial charge is 0.497 e. The third kappa shape index (κ3) is 3.82. The van der Waals surface area contributed by atoms with Crippen LogP contribution in [-0.2, 0) is 0 Å². The molecule has 0 aliphatic rings. The van der Waals surface area contributed by atoms with Crippen LogP contribution in [0.2, 0.25) is 0 Å². The summed E-state index contributed by atoms with van der Waals surface area (Å²) in [5, 5.41) is 5.46. The third-order valence-electron chi connectivity index (χ3n) is 3.00. The van der Waals surface area contributed by atoms with Crippen LogP contribution < -0.4 is 24.8 Å². The van der Waals surface area contributed by atoms with E-state index in [2.05, 4.69) is 10.6 Å². The van der Waals surface area contributed by atoms with Crippen molar-refractivity contribution in [2.24, 2.45) is 0 Å². The number of nitrogens with one attached hydrogen (secondary N) is 2. The zero-order chi connectivity index (χ0) is 15.9. The summed E-state index contributed by atoms with van der Waals surface area (Å²) in [5.74, 6) is 1.89. The Hall–Kier alpha value is -2.89. The SMILES string of the molecule is COc1ccc(NC(=O)Nc2ccc(OC)cc2OC)cc1. The van der Waals surface area contributed by atoms with Gasteiger partial charge >= 0.3 is 6.03 Å². The summed E-state index contributed by atoms with van der Waals surface area (Å²) in [6.07, 6.45) is 0. The van der Waals surface area contributed by atoms with Gasteiger partial charge in [0.1, 0.15) is 17.2 Å². The molecule has 0 aliphatic carbocycles. The van der Waals surface area contributed by atoms with E-state index in [1.54, 1.807) is 56.7 Å². The lowest BCUT2D eigenvalue weighted by Crippen LogP contribution is -2.19. The number of urea groups is 1. The Kier molecular flexibility index (Phi) is 5.08. The first-order valence-electron chi connectivity index (χ1n) is 6.60. The number of amides is 2. The number of benzene rings is 2. The highest BCUT2D eigenvalue weighted by atomic mass is 16.5. The van der Waals surface area contributed by atoms with E-state index in [0.717, 1.165) is 5.75 Å². The van der Waals surface area contributed by atoms with Gasteiger partial charge in [0.15, 0.2) is 0 Å². The molecule has 116 valence electrons. The summed E-state index contributed by atoms with van der Waals surface area (Å²) >= 11 is 0. The lowest BCUT2D eigenvalue weighted by atomic mass is 10.2. The van der Waals surface area contributed by atoms with E-state index < -0.39 is 0 Å². The predicted molar refractivity (Wildman–Crippen MR) is 85.2 cm³/mol. The Morgan fingerprint density at radius 2 is 1.45 bits per heavy atom. The Morgan fingerprint density at radius 3 is 2.05 bits per heavy atom. The lowest BCUT2D eigenvalue weighted by molar-refractivity contribution is 0.262. The van der Waals surface area contributed by atoms with E-state index >= 15 is 0 Å². The van der Waals surface area contributed by atoms with Crippen molar-refractivity contribution in [3.63, 3.8) is 0 Å². The molecule has 22 heavy (non-hydrogen) atoms. The van der Waals surface area contributed by atoms with Crippen LogP contribution in [0.3, 0.4) is 0 Å². The van der Waals surface area contributed by atoms with Gasteiger partial charge in [-0.2, -0.15) is 0 Å². The molecule has 2 N–H and O–H groups in total. The van der Waals surface area contributed by atoms with Crippen molar-refractivity contribution < 1.29 is 19.0 Å². The van der Waals surface area contributed by atoms with Crippen LogP contribution in [0.15, 0.2) is 42.5 Å². The first-order chi connectivity index (χ1) is 10.7. The van der Waals surface area contributed by atoms with Crippen LogP contribution >= 0.6 is 0 Å². The van der Waals surface area contributed by atoms with Crippen molar-refractivity contribution in [3.8, 4) is 17.2 Å². The molecule has 0 unspecified atom stereocenters. The topological polar surface area (TPSA) is 68.8 Å². The number of carbonyl (C=O) groups excluding carboxylic acids is 1. The molecule has 0 radical (unpaired) electrons. The molecule has 0 bridgehead atoms. The van der Waals surface area contributed by atoms with Gasteiger partial charge in [0.2, 0.25) is 0 Å².